The maximum atomic E-state index is 14.7. The molecule has 1 amide bonds. The number of hydrogen-bond donors (Lipinski definition) is 1. The van der Waals surface area contributed by atoms with Crippen molar-refractivity contribution in [3.05, 3.63) is 84.1 Å². The molecule has 0 unspecified atom stereocenters. The van der Waals surface area contributed by atoms with Crippen LogP contribution in [0.4, 0.5) is 10.1 Å². The molecule has 1 aromatic heterocycles. The predicted octanol–water partition coefficient (Wildman–Crippen LogP) is 3.21. The molecular formula is C20H18ClFN4O3S. The van der Waals surface area contributed by atoms with Gasteiger partial charge in [0.25, 0.3) is 5.91 Å². The van der Waals surface area contributed by atoms with Gasteiger partial charge in [-0.3, -0.25) is 13.9 Å². The van der Waals surface area contributed by atoms with Crippen LogP contribution in [0.5, 0.6) is 0 Å². The second-order valence-corrected chi connectivity index (χ2v) is 7.36. The highest BCUT2D eigenvalue weighted by Crippen LogP contribution is 2.23. The van der Waals surface area contributed by atoms with Crippen molar-refractivity contribution in [1.82, 2.24) is 13.7 Å². The number of carbonyl (C=O) groups is 1. The molecule has 1 heterocycles. The standard InChI is InChI=1S/C20H18ClFN4O3S/c1-4-11-5-7-12(8-6-11)23-17(27)13-9-16(15(22)10-14(13)21)26-18(28)24(2)20(30)25(3)19(26)29/h5-10H,4H2,1-3H3,(H,23,27). The number of rotatable bonds is 4. The van der Waals surface area contributed by atoms with Crippen LogP contribution in [-0.2, 0) is 20.5 Å². The van der Waals surface area contributed by atoms with Crippen molar-refractivity contribution >= 4 is 35.4 Å². The summed E-state index contributed by atoms with van der Waals surface area (Å²) < 4.78 is 17.3. The molecular weight excluding hydrogens is 431 g/mol. The fourth-order valence-electron chi connectivity index (χ4n) is 2.88. The summed E-state index contributed by atoms with van der Waals surface area (Å²) in [6.45, 7) is 2.01. The molecule has 0 fully saturated rings. The summed E-state index contributed by atoms with van der Waals surface area (Å²) in [5.41, 5.74) is -0.553. The van der Waals surface area contributed by atoms with Crippen molar-refractivity contribution < 1.29 is 9.18 Å². The quantitative estimate of drug-likeness (QED) is 0.622. The van der Waals surface area contributed by atoms with Gasteiger partial charge in [0.15, 0.2) is 4.77 Å². The van der Waals surface area contributed by atoms with Gasteiger partial charge in [0.05, 0.1) is 16.3 Å². The molecule has 0 aliphatic rings. The van der Waals surface area contributed by atoms with E-state index >= 15 is 0 Å². The number of halogens is 2. The third-order valence-electron chi connectivity index (χ3n) is 4.67. The third-order valence-corrected chi connectivity index (χ3v) is 5.53. The Morgan fingerprint density at radius 2 is 1.67 bits per heavy atom. The van der Waals surface area contributed by atoms with Gasteiger partial charge in [0.2, 0.25) is 0 Å². The van der Waals surface area contributed by atoms with Crippen LogP contribution >= 0.6 is 23.8 Å². The SMILES string of the molecule is CCc1ccc(NC(=O)c2cc(-n3c(=O)n(C)c(=S)n(C)c3=O)c(F)cc2Cl)cc1. The number of amides is 1. The smallest absolute Gasteiger partial charge is 0.322 e. The van der Waals surface area contributed by atoms with Crippen LogP contribution in [0.25, 0.3) is 5.69 Å². The highest BCUT2D eigenvalue weighted by Gasteiger charge is 2.20. The maximum absolute atomic E-state index is 14.7. The summed E-state index contributed by atoms with van der Waals surface area (Å²) in [5, 5.41) is 2.51. The van der Waals surface area contributed by atoms with Crippen LogP contribution in [0.3, 0.4) is 0 Å². The number of carbonyl (C=O) groups excluding carboxylic acids is 1. The molecule has 0 radical (unpaired) electrons. The van der Waals surface area contributed by atoms with E-state index < -0.39 is 28.8 Å². The molecule has 10 heteroatoms. The van der Waals surface area contributed by atoms with E-state index in [0.717, 1.165) is 33.3 Å². The van der Waals surface area contributed by atoms with Crippen LogP contribution in [0.2, 0.25) is 5.02 Å². The molecule has 3 rings (SSSR count). The number of benzene rings is 2. The van der Waals surface area contributed by atoms with Crippen molar-refractivity contribution in [2.75, 3.05) is 5.32 Å². The Morgan fingerprint density at radius 1 is 1.10 bits per heavy atom. The first kappa shape index (κ1) is 21.7. The number of hydrogen-bond acceptors (Lipinski definition) is 4. The number of aromatic nitrogens is 3. The molecule has 0 aliphatic heterocycles. The number of nitrogens with zero attached hydrogens (tertiary/aromatic N) is 3. The lowest BCUT2D eigenvalue weighted by atomic mass is 10.1. The van der Waals surface area contributed by atoms with E-state index in [0.29, 0.717) is 10.3 Å². The van der Waals surface area contributed by atoms with E-state index in [1.54, 1.807) is 12.1 Å². The first-order chi connectivity index (χ1) is 14.1. The van der Waals surface area contributed by atoms with Gasteiger partial charge >= 0.3 is 11.4 Å². The Morgan fingerprint density at radius 3 is 2.20 bits per heavy atom. The van der Waals surface area contributed by atoms with E-state index in [4.69, 9.17) is 23.8 Å². The minimum atomic E-state index is -0.930. The minimum absolute atomic E-state index is 0.0240. The third kappa shape index (κ3) is 3.86. The van der Waals surface area contributed by atoms with Gasteiger partial charge in [-0.1, -0.05) is 30.7 Å². The van der Waals surface area contributed by atoms with E-state index in [-0.39, 0.29) is 15.4 Å². The first-order valence-corrected chi connectivity index (χ1v) is 9.73. The summed E-state index contributed by atoms with van der Waals surface area (Å²) in [7, 11) is 2.73. The second kappa shape index (κ2) is 8.37. The van der Waals surface area contributed by atoms with Gasteiger partial charge in [-0.15, -0.1) is 0 Å². The molecule has 2 aromatic carbocycles. The van der Waals surface area contributed by atoms with Gasteiger partial charge in [-0.25, -0.2) is 18.5 Å². The summed E-state index contributed by atoms with van der Waals surface area (Å²) in [6.07, 6.45) is 0.853. The normalized spacial score (nSPS) is 10.8. The van der Waals surface area contributed by atoms with Crippen molar-refractivity contribution in [1.29, 1.82) is 0 Å². The summed E-state index contributed by atoms with van der Waals surface area (Å²) >= 11 is 11.1. The van der Waals surface area contributed by atoms with Crippen molar-refractivity contribution in [3.63, 3.8) is 0 Å². The van der Waals surface area contributed by atoms with Crippen molar-refractivity contribution in [2.24, 2.45) is 14.1 Å². The molecule has 7 nitrogen and oxygen atoms in total. The lowest BCUT2D eigenvalue weighted by Gasteiger charge is -2.13. The maximum Gasteiger partial charge on any atom is 0.338 e. The van der Waals surface area contributed by atoms with Gasteiger partial charge in [0, 0.05) is 19.8 Å². The van der Waals surface area contributed by atoms with Gasteiger partial charge in [-0.2, -0.15) is 0 Å². The largest absolute Gasteiger partial charge is 0.338 e. The van der Waals surface area contributed by atoms with Gasteiger partial charge in [-0.05, 0) is 48.5 Å². The van der Waals surface area contributed by atoms with Crippen molar-refractivity contribution in [3.8, 4) is 5.69 Å². The molecule has 3 aromatic rings. The fraction of sp³-hybridized carbons (Fsp3) is 0.200. The Kier molecular flexibility index (Phi) is 6.04. The zero-order chi connectivity index (χ0) is 22.2. The Bertz CT molecular complexity index is 1290. The van der Waals surface area contributed by atoms with E-state index in [2.05, 4.69) is 5.32 Å². The summed E-state index contributed by atoms with van der Waals surface area (Å²) in [4.78, 5) is 37.9. The van der Waals surface area contributed by atoms with Gasteiger partial charge in [0.1, 0.15) is 5.82 Å². The van der Waals surface area contributed by atoms with Crippen LogP contribution in [0.1, 0.15) is 22.8 Å². The molecule has 30 heavy (non-hydrogen) atoms. The highest BCUT2D eigenvalue weighted by atomic mass is 35.5. The predicted molar refractivity (Wildman–Crippen MR) is 116 cm³/mol. The number of aryl methyl sites for hydroxylation is 1. The molecule has 0 atom stereocenters. The molecule has 0 bridgehead atoms. The lowest BCUT2D eigenvalue weighted by molar-refractivity contribution is 0.102. The van der Waals surface area contributed by atoms with E-state index in [9.17, 15) is 18.8 Å². The molecule has 0 saturated carbocycles. The summed E-state index contributed by atoms with van der Waals surface area (Å²) in [5.74, 6) is -1.54. The molecule has 0 saturated heterocycles. The Labute approximate surface area is 181 Å². The average Bonchev–Trinajstić information content (AvgIpc) is 2.72. The highest BCUT2D eigenvalue weighted by molar-refractivity contribution is 7.71. The summed E-state index contributed by atoms with van der Waals surface area (Å²) in [6, 6.07) is 9.16. The number of nitrogens with one attached hydrogen (secondary N) is 1. The number of anilines is 1. The van der Waals surface area contributed by atoms with Crippen LogP contribution < -0.4 is 16.7 Å². The topological polar surface area (TPSA) is 78.0 Å². The van der Waals surface area contributed by atoms with Crippen LogP contribution in [0, 0.1) is 10.6 Å². The van der Waals surface area contributed by atoms with Gasteiger partial charge < -0.3 is 5.32 Å². The molecule has 0 spiro atoms. The monoisotopic (exact) mass is 448 g/mol. The first-order valence-electron chi connectivity index (χ1n) is 8.94. The van der Waals surface area contributed by atoms with Crippen molar-refractivity contribution in [2.45, 2.75) is 13.3 Å². The van der Waals surface area contributed by atoms with Crippen LogP contribution in [0.15, 0.2) is 46.0 Å². The molecule has 0 aliphatic carbocycles. The van der Waals surface area contributed by atoms with E-state index in [1.807, 2.05) is 19.1 Å². The zero-order valence-electron chi connectivity index (χ0n) is 16.4. The van der Waals surface area contributed by atoms with E-state index in [1.165, 1.54) is 14.1 Å². The Balaban J connectivity index is 2.12. The second-order valence-electron chi connectivity index (χ2n) is 6.59. The fourth-order valence-corrected chi connectivity index (χ4v) is 3.27. The average molecular weight is 449 g/mol. The lowest BCUT2D eigenvalue weighted by Crippen LogP contribution is -2.44. The molecule has 1 N–H and O–H groups in total. The molecule has 156 valence electrons. The zero-order valence-corrected chi connectivity index (χ0v) is 18.0. The minimum Gasteiger partial charge on any atom is -0.322 e. The van der Waals surface area contributed by atoms with Crippen LogP contribution in [-0.4, -0.2) is 19.6 Å². The Hall–Kier alpha value is -3.04.